The fourth-order valence-electron chi connectivity index (χ4n) is 2.15. The third-order valence-electron chi connectivity index (χ3n) is 3.90. The number of rotatable bonds is 0. The maximum Gasteiger partial charge on any atom is 0.414 e. The Morgan fingerprint density at radius 2 is 1.10 bits per heavy atom. The summed E-state index contributed by atoms with van der Waals surface area (Å²) >= 11 is 0. The van der Waals surface area contributed by atoms with E-state index in [2.05, 4.69) is 10.6 Å². The summed E-state index contributed by atoms with van der Waals surface area (Å²) in [5.41, 5.74) is 0.944. The van der Waals surface area contributed by atoms with E-state index in [4.69, 9.17) is 29.3 Å². The van der Waals surface area contributed by atoms with Crippen molar-refractivity contribution < 1.29 is 29.3 Å². The molecule has 20 heavy (non-hydrogen) atoms. The van der Waals surface area contributed by atoms with Crippen molar-refractivity contribution in [2.24, 2.45) is 0 Å². The highest BCUT2D eigenvalue weighted by Crippen LogP contribution is 2.27. The van der Waals surface area contributed by atoms with Gasteiger partial charge in [-0.3, -0.25) is 0 Å². The van der Waals surface area contributed by atoms with Gasteiger partial charge in [0.2, 0.25) is 0 Å². The van der Waals surface area contributed by atoms with Crippen LogP contribution >= 0.6 is 0 Å². The Kier molecular flexibility index (Phi) is 4.59. The number of aliphatic carboxylic acids is 2. The van der Waals surface area contributed by atoms with Crippen molar-refractivity contribution in [2.45, 2.75) is 23.9 Å². The summed E-state index contributed by atoms with van der Waals surface area (Å²) in [6.07, 6.45) is 2.65. The molecule has 4 aliphatic rings. The summed E-state index contributed by atoms with van der Waals surface area (Å²) in [5.74, 6) is -3.65. The van der Waals surface area contributed by atoms with E-state index in [9.17, 15) is 0 Å². The fraction of sp³-hybridized carbons (Fsp3) is 0.833. The highest BCUT2D eigenvalue weighted by molar-refractivity contribution is 6.27. The fourth-order valence-corrected chi connectivity index (χ4v) is 2.15. The Morgan fingerprint density at radius 1 is 0.800 bits per heavy atom. The minimum Gasteiger partial charge on any atom is -0.473 e. The molecule has 0 aromatic heterocycles. The van der Waals surface area contributed by atoms with Crippen LogP contribution < -0.4 is 10.6 Å². The van der Waals surface area contributed by atoms with Crippen molar-refractivity contribution in [2.75, 3.05) is 39.5 Å². The van der Waals surface area contributed by atoms with Gasteiger partial charge in [-0.15, -0.1) is 0 Å². The van der Waals surface area contributed by atoms with Gasteiger partial charge in [0, 0.05) is 0 Å². The van der Waals surface area contributed by atoms with E-state index in [0.29, 0.717) is 11.1 Å². The van der Waals surface area contributed by atoms with Crippen LogP contribution in [0.1, 0.15) is 12.8 Å². The molecule has 0 aromatic carbocycles. The molecule has 4 heterocycles. The maximum atomic E-state index is 9.10. The normalized spacial score (nSPS) is 26.2. The van der Waals surface area contributed by atoms with Gasteiger partial charge < -0.3 is 30.3 Å². The molecule has 4 aliphatic heterocycles. The van der Waals surface area contributed by atoms with Gasteiger partial charge in [-0.2, -0.15) is 0 Å². The molecule has 0 saturated carbocycles. The average molecular weight is 288 g/mol. The van der Waals surface area contributed by atoms with Crippen LogP contribution in [-0.2, 0) is 19.1 Å². The Labute approximate surface area is 116 Å². The van der Waals surface area contributed by atoms with E-state index in [-0.39, 0.29) is 0 Å². The predicted molar refractivity (Wildman–Crippen MR) is 67.6 cm³/mol. The van der Waals surface area contributed by atoms with Crippen molar-refractivity contribution >= 4 is 11.9 Å². The van der Waals surface area contributed by atoms with Gasteiger partial charge in [-0.25, -0.2) is 9.59 Å². The van der Waals surface area contributed by atoms with Gasteiger partial charge >= 0.3 is 11.9 Å². The third-order valence-corrected chi connectivity index (χ3v) is 3.90. The first-order valence-corrected chi connectivity index (χ1v) is 6.59. The lowest BCUT2D eigenvalue weighted by Crippen LogP contribution is -2.68. The van der Waals surface area contributed by atoms with Crippen LogP contribution in [-0.4, -0.2) is 72.7 Å². The summed E-state index contributed by atoms with van der Waals surface area (Å²) in [7, 11) is 0. The van der Waals surface area contributed by atoms with Crippen LogP contribution in [0, 0.1) is 0 Å². The molecule has 8 nitrogen and oxygen atoms in total. The van der Waals surface area contributed by atoms with Crippen LogP contribution in [0.25, 0.3) is 0 Å². The molecule has 8 heteroatoms. The molecule has 114 valence electrons. The van der Waals surface area contributed by atoms with E-state index < -0.39 is 11.9 Å². The van der Waals surface area contributed by atoms with Crippen LogP contribution in [0.5, 0.6) is 0 Å². The highest BCUT2D eigenvalue weighted by atomic mass is 16.5. The Hall–Kier alpha value is -1.22. The molecule has 4 rings (SSSR count). The van der Waals surface area contributed by atoms with Crippen LogP contribution in [0.2, 0.25) is 0 Å². The minimum absolute atomic E-state index is 0.472. The molecule has 2 spiro atoms. The first-order valence-electron chi connectivity index (χ1n) is 6.59. The number of carboxylic acid groups (broad SMARTS) is 2. The van der Waals surface area contributed by atoms with Crippen LogP contribution in [0.4, 0.5) is 0 Å². The molecule has 0 unspecified atom stereocenters. The lowest BCUT2D eigenvalue weighted by atomic mass is 9.86. The monoisotopic (exact) mass is 288 g/mol. The van der Waals surface area contributed by atoms with E-state index in [1.54, 1.807) is 0 Å². The number of carbonyl (C=O) groups is 2. The summed E-state index contributed by atoms with van der Waals surface area (Å²) in [6, 6.07) is 0. The van der Waals surface area contributed by atoms with Gasteiger partial charge in [0.25, 0.3) is 0 Å². The number of carboxylic acids is 2. The summed E-state index contributed by atoms with van der Waals surface area (Å²) in [5, 5.41) is 21.4. The zero-order valence-electron chi connectivity index (χ0n) is 11.2. The van der Waals surface area contributed by atoms with Gasteiger partial charge in [-0.1, -0.05) is 0 Å². The maximum absolute atomic E-state index is 9.10. The van der Waals surface area contributed by atoms with E-state index >= 15 is 0 Å². The average Bonchev–Trinajstić information content (AvgIpc) is 2.08. The van der Waals surface area contributed by atoms with E-state index in [1.165, 1.54) is 25.9 Å². The summed E-state index contributed by atoms with van der Waals surface area (Å²) < 4.78 is 10.0. The van der Waals surface area contributed by atoms with Crippen molar-refractivity contribution in [1.29, 1.82) is 0 Å². The molecule has 0 atom stereocenters. The SMILES string of the molecule is C1CC2(COC2)N1.C1CC2(COC2)N1.O=C(O)C(=O)O. The van der Waals surface area contributed by atoms with Crippen molar-refractivity contribution in [3.63, 3.8) is 0 Å². The molecule has 0 aromatic rings. The molecule has 4 saturated heterocycles. The number of nitrogens with one attached hydrogen (secondary N) is 2. The molecule has 0 radical (unpaired) electrons. The van der Waals surface area contributed by atoms with Crippen molar-refractivity contribution in [3.05, 3.63) is 0 Å². The van der Waals surface area contributed by atoms with E-state index in [1.807, 2.05) is 0 Å². The van der Waals surface area contributed by atoms with Crippen LogP contribution in [0.15, 0.2) is 0 Å². The van der Waals surface area contributed by atoms with Gasteiger partial charge in [0.1, 0.15) is 0 Å². The summed E-state index contributed by atoms with van der Waals surface area (Å²) in [4.78, 5) is 18.2. The van der Waals surface area contributed by atoms with Gasteiger partial charge in [0.05, 0.1) is 37.5 Å². The highest BCUT2D eigenvalue weighted by Gasteiger charge is 2.43. The molecule has 0 aliphatic carbocycles. The molecular formula is C12H20N2O6. The van der Waals surface area contributed by atoms with Crippen molar-refractivity contribution in [3.8, 4) is 0 Å². The molecule has 4 N–H and O–H groups in total. The number of ether oxygens (including phenoxy) is 2. The topological polar surface area (TPSA) is 117 Å². The second-order valence-corrected chi connectivity index (χ2v) is 5.51. The Balaban J connectivity index is 0.000000111. The second-order valence-electron chi connectivity index (χ2n) is 5.51. The molecule has 0 bridgehead atoms. The molecule has 4 fully saturated rings. The first-order chi connectivity index (χ1) is 9.47. The third kappa shape index (κ3) is 3.45. The standard InChI is InChI=1S/2C5H9NO.C2H2O4/c2*1-2-6-5(1)3-7-4-5;3-1(4)2(5)6/h2*6H,1-4H2;(H,3,4)(H,5,6). The first kappa shape index (κ1) is 15.2. The molecular weight excluding hydrogens is 268 g/mol. The quantitative estimate of drug-likeness (QED) is 0.404. The smallest absolute Gasteiger partial charge is 0.414 e. The minimum atomic E-state index is -1.82. The Bertz CT molecular complexity index is 303. The van der Waals surface area contributed by atoms with Crippen LogP contribution in [0.3, 0.4) is 0 Å². The second kappa shape index (κ2) is 6.04. The van der Waals surface area contributed by atoms with E-state index in [0.717, 1.165) is 26.4 Å². The zero-order chi connectivity index (χ0) is 14.6. The lowest BCUT2D eigenvalue weighted by Gasteiger charge is -2.49. The van der Waals surface area contributed by atoms with Gasteiger partial charge in [0.15, 0.2) is 0 Å². The van der Waals surface area contributed by atoms with Crippen molar-refractivity contribution in [1.82, 2.24) is 10.6 Å². The number of hydrogen-bond acceptors (Lipinski definition) is 6. The Morgan fingerprint density at radius 3 is 1.10 bits per heavy atom. The largest absolute Gasteiger partial charge is 0.473 e. The predicted octanol–water partition coefficient (Wildman–Crippen LogP) is -1.35. The lowest BCUT2D eigenvalue weighted by molar-refractivity contribution is -0.159. The molecule has 0 amide bonds. The summed E-state index contributed by atoms with van der Waals surface area (Å²) in [6.45, 7) is 6.20. The zero-order valence-corrected chi connectivity index (χ0v) is 11.2. The number of hydrogen-bond donors (Lipinski definition) is 4. The van der Waals surface area contributed by atoms with Gasteiger partial charge in [-0.05, 0) is 25.9 Å².